The molecule has 2 aliphatic rings. The van der Waals surface area contributed by atoms with Crippen molar-refractivity contribution in [1.29, 1.82) is 0 Å². The number of sulfonamides is 1. The van der Waals surface area contributed by atoms with Gasteiger partial charge in [0.2, 0.25) is 15.9 Å². The van der Waals surface area contributed by atoms with E-state index >= 15 is 0 Å². The first-order chi connectivity index (χ1) is 8.96. The van der Waals surface area contributed by atoms with Gasteiger partial charge in [-0.15, -0.1) is 0 Å². The van der Waals surface area contributed by atoms with E-state index in [9.17, 15) is 13.2 Å². The van der Waals surface area contributed by atoms with Gasteiger partial charge in [-0.25, -0.2) is 13.1 Å². The molecule has 0 aromatic rings. The third-order valence-electron chi connectivity index (χ3n) is 3.51. The fourth-order valence-electron chi connectivity index (χ4n) is 2.27. The van der Waals surface area contributed by atoms with Crippen LogP contribution >= 0.6 is 0 Å². The Bertz CT molecular complexity index is 420. The summed E-state index contributed by atoms with van der Waals surface area (Å²) in [6, 6.07) is 0. The van der Waals surface area contributed by atoms with Crippen LogP contribution in [0, 0.1) is 0 Å². The summed E-state index contributed by atoms with van der Waals surface area (Å²) in [5, 5.41) is 0. The number of carbonyl (C=O) groups excluding carboxylic acids is 1. The quantitative estimate of drug-likeness (QED) is 0.740. The molecular formula is C11H20N2O5S. The highest BCUT2D eigenvalue weighted by molar-refractivity contribution is 7.89. The molecule has 8 heteroatoms. The molecule has 0 bridgehead atoms. The summed E-state index contributed by atoms with van der Waals surface area (Å²) in [4.78, 5) is 13.5. The fraction of sp³-hybridized carbons (Fsp3) is 0.909. The molecule has 0 radical (unpaired) electrons. The number of nitrogens with zero attached hydrogens (tertiary/aromatic N) is 1. The van der Waals surface area contributed by atoms with E-state index < -0.39 is 15.8 Å². The summed E-state index contributed by atoms with van der Waals surface area (Å²) in [6.45, 7) is 3.63. The lowest BCUT2D eigenvalue weighted by atomic mass is 10.0. The Balaban J connectivity index is 1.79. The molecule has 0 aliphatic carbocycles. The largest absolute Gasteiger partial charge is 0.347 e. The highest BCUT2D eigenvalue weighted by Crippen LogP contribution is 2.31. The zero-order valence-electron chi connectivity index (χ0n) is 11.1. The van der Waals surface area contributed by atoms with Crippen molar-refractivity contribution in [2.75, 3.05) is 38.6 Å². The Hall–Kier alpha value is -0.700. The van der Waals surface area contributed by atoms with E-state index in [-0.39, 0.29) is 18.2 Å². The Kier molecular flexibility index (Phi) is 4.44. The Labute approximate surface area is 113 Å². The van der Waals surface area contributed by atoms with Crippen molar-refractivity contribution < 1.29 is 22.7 Å². The summed E-state index contributed by atoms with van der Waals surface area (Å²) in [5.74, 6) is -0.741. The molecule has 2 saturated heterocycles. The summed E-state index contributed by atoms with van der Waals surface area (Å²) in [5.41, 5.74) is 0. The zero-order chi connectivity index (χ0) is 13.9. The van der Waals surface area contributed by atoms with E-state index in [4.69, 9.17) is 9.47 Å². The predicted octanol–water partition coefficient (Wildman–Crippen LogP) is -0.709. The zero-order valence-corrected chi connectivity index (χ0v) is 11.9. The van der Waals surface area contributed by atoms with Crippen molar-refractivity contribution in [1.82, 2.24) is 9.62 Å². The van der Waals surface area contributed by atoms with Gasteiger partial charge in [0.25, 0.3) is 0 Å². The summed E-state index contributed by atoms with van der Waals surface area (Å²) >= 11 is 0. The maximum absolute atomic E-state index is 11.9. The van der Waals surface area contributed by atoms with Crippen molar-refractivity contribution in [2.45, 2.75) is 25.6 Å². The van der Waals surface area contributed by atoms with Crippen LogP contribution in [0.3, 0.4) is 0 Å². The molecule has 2 rings (SSSR count). The van der Waals surface area contributed by atoms with E-state index in [0.29, 0.717) is 39.1 Å². The third kappa shape index (κ3) is 3.65. The maximum Gasteiger partial charge on any atom is 0.237 e. The van der Waals surface area contributed by atoms with Crippen LogP contribution in [-0.4, -0.2) is 63.6 Å². The number of hydrogen-bond donors (Lipinski definition) is 1. The van der Waals surface area contributed by atoms with Crippen LogP contribution in [0.25, 0.3) is 0 Å². The standard InChI is InChI=1S/C11H20N2O5S/c1-2-19(15,16)12-9-10(14)13-5-3-11(4-6-13)17-7-8-18-11/h12H,2-9H2,1H3. The fourth-order valence-corrected chi connectivity index (χ4v) is 2.82. The Morgan fingerprint density at radius 3 is 2.37 bits per heavy atom. The van der Waals surface area contributed by atoms with Crippen molar-refractivity contribution in [3.63, 3.8) is 0 Å². The third-order valence-corrected chi connectivity index (χ3v) is 4.86. The first kappa shape index (κ1) is 14.7. The van der Waals surface area contributed by atoms with E-state index in [1.807, 2.05) is 0 Å². The van der Waals surface area contributed by atoms with Gasteiger partial charge < -0.3 is 14.4 Å². The number of carbonyl (C=O) groups is 1. The van der Waals surface area contributed by atoms with Crippen molar-refractivity contribution in [2.24, 2.45) is 0 Å². The molecule has 0 atom stereocenters. The minimum atomic E-state index is -3.32. The van der Waals surface area contributed by atoms with E-state index in [1.165, 1.54) is 6.92 Å². The van der Waals surface area contributed by atoms with Crippen LogP contribution in [0.2, 0.25) is 0 Å². The van der Waals surface area contributed by atoms with Crippen molar-refractivity contribution in [3.8, 4) is 0 Å². The molecule has 0 aromatic carbocycles. The molecule has 7 nitrogen and oxygen atoms in total. The molecule has 2 fully saturated rings. The average Bonchev–Trinajstić information content (AvgIpc) is 2.85. The van der Waals surface area contributed by atoms with Gasteiger partial charge in [0.05, 0.1) is 25.5 Å². The van der Waals surface area contributed by atoms with Gasteiger partial charge in [-0.05, 0) is 6.92 Å². The highest BCUT2D eigenvalue weighted by Gasteiger charge is 2.40. The molecule has 0 saturated carbocycles. The van der Waals surface area contributed by atoms with Gasteiger partial charge in [0.1, 0.15) is 0 Å². The van der Waals surface area contributed by atoms with Crippen LogP contribution in [0.5, 0.6) is 0 Å². The van der Waals surface area contributed by atoms with E-state index in [2.05, 4.69) is 4.72 Å². The number of piperidine rings is 1. The normalized spacial score (nSPS) is 22.9. The molecule has 1 N–H and O–H groups in total. The molecule has 2 aliphatic heterocycles. The Morgan fingerprint density at radius 1 is 1.26 bits per heavy atom. The van der Waals surface area contributed by atoms with Crippen LogP contribution in [-0.2, 0) is 24.3 Å². The first-order valence-electron chi connectivity index (χ1n) is 6.49. The second kappa shape index (κ2) is 5.74. The molecule has 1 amide bonds. The van der Waals surface area contributed by atoms with Gasteiger partial charge in [0.15, 0.2) is 5.79 Å². The van der Waals surface area contributed by atoms with Crippen LogP contribution < -0.4 is 4.72 Å². The molecular weight excluding hydrogens is 272 g/mol. The Morgan fingerprint density at radius 2 is 1.84 bits per heavy atom. The molecule has 110 valence electrons. The SMILES string of the molecule is CCS(=O)(=O)NCC(=O)N1CCC2(CC1)OCCO2. The van der Waals surface area contributed by atoms with E-state index in [0.717, 1.165) is 0 Å². The molecule has 19 heavy (non-hydrogen) atoms. The number of nitrogens with one attached hydrogen (secondary N) is 1. The minimum absolute atomic E-state index is 0.0227. The lowest BCUT2D eigenvalue weighted by molar-refractivity contribution is -0.187. The second-order valence-electron chi connectivity index (χ2n) is 4.71. The summed E-state index contributed by atoms with van der Waals surface area (Å²) in [7, 11) is -3.32. The van der Waals surface area contributed by atoms with Gasteiger partial charge in [-0.3, -0.25) is 4.79 Å². The highest BCUT2D eigenvalue weighted by atomic mass is 32.2. The van der Waals surface area contributed by atoms with Gasteiger partial charge in [-0.1, -0.05) is 0 Å². The maximum atomic E-state index is 11.9. The van der Waals surface area contributed by atoms with Gasteiger partial charge >= 0.3 is 0 Å². The molecule has 0 unspecified atom stereocenters. The van der Waals surface area contributed by atoms with E-state index in [1.54, 1.807) is 4.90 Å². The topological polar surface area (TPSA) is 84.9 Å². The second-order valence-corrected chi connectivity index (χ2v) is 6.81. The monoisotopic (exact) mass is 292 g/mol. The average molecular weight is 292 g/mol. The summed E-state index contributed by atoms with van der Waals surface area (Å²) < 4.78 is 36.0. The van der Waals surface area contributed by atoms with Crippen molar-refractivity contribution >= 4 is 15.9 Å². The molecule has 1 spiro atoms. The lowest BCUT2D eigenvalue weighted by Gasteiger charge is -2.37. The summed E-state index contributed by atoms with van der Waals surface area (Å²) in [6.07, 6.45) is 1.28. The number of ether oxygens (including phenoxy) is 2. The number of likely N-dealkylation sites (tertiary alicyclic amines) is 1. The molecule has 0 aromatic heterocycles. The van der Waals surface area contributed by atoms with Crippen LogP contribution in [0.1, 0.15) is 19.8 Å². The molecule has 2 heterocycles. The smallest absolute Gasteiger partial charge is 0.237 e. The van der Waals surface area contributed by atoms with Crippen LogP contribution in [0.15, 0.2) is 0 Å². The minimum Gasteiger partial charge on any atom is -0.347 e. The first-order valence-corrected chi connectivity index (χ1v) is 8.15. The number of rotatable bonds is 4. The van der Waals surface area contributed by atoms with Crippen molar-refractivity contribution in [3.05, 3.63) is 0 Å². The van der Waals surface area contributed by atoms with Crippen LogP contribution in [0.4, 0.5) is 0 Å². The number of amides is 1. The van der Waals surface area contributed by atoms with Gasteiger partial charge in [-0.2, -0.15) is 0 Å². The predicted molar refractivity (Wildman–Crippen MR) is 67.9 cm³/mol. The lowest BCUT2D eigenvalue weighted by Crippen LogP contribution is -2.49. The number of hydrogen-bond acceptors (Lipinski definition) is 5. The van der Waals surface area contributed by atoms with Gasteiger partial charge in [0, 0.05) is 25.9 Å².